The summed E-state index contributed by atoms with van der Waals surface area (Å²) in [5.41, 5.74) is 3.49. The van der Waals surface area contributed by atoms with E-state index in [9.17, 15) is 0 Å². The highest BCUT2D eigenvalue weighted by atomic mass is 16.7. The molecule has 1 heterocycles. The lowest BCUT2D eigenvalue weighted by Crippen LogP contribution is -2.52. The average molecular weight is 260 g/mol. The van der Waals surface area contributed by atoms with E-state index in [1.807, 2.05) is 13.8 Å². The van der Waals surface area contributed by atoms with E-state index in [1.165, 1.54) is 12.8 Å². The summed E-state index contributed by atoms with van der Waals surface area (Å²) in [7, 11) is 1.75. The summed E-state index contributed by atoms with van der Waals surface area (Å²) >= 11 is 0. The second-order valence-corrected chi connectivity index (χ2v) is 4.64. The number of hydrazine groups is 1. The van der Waals surface area contributed by atoms with Gasteiger partial charge in [-0.15, -0.1) is 0 Å². The lowest BCUT2D eigenvalue weighted by Gasteiger charge is -2.32. The van der Waals surface area contributed by atoms with E-state index < -0.39 is 0 Å². The molecule has 108 valence electrons. The molecule has 0 spiro atoms. The summed E-state index contributed by atoms with van der Waals surface area (Å²) < 4.78 is 16.5. The molecule has 5 heteroatoms. The van der Waals surface area contributed by atoms with Crippen LogP contribution in [0, 0.1) is 0 Å². The summed E-state index contributed by atoms with van der Waals surface area (Å²) in [6, 6.07) is 0.601. The van der Waals surface area contributed by atoms with Gasteiger partial charge in [-0.3, -0.25) is 0 Å². The smallest absolute Gasteiger partial charge is 0.173 e. The van der Waals surface area contributed by atoms with Crippen LogP contribution in [-0.2, 0) is 14.2 Å². The van der Waals surface area contributed by atoms with Crippen molar-refractivity contribution in [1.29, 1.82) is 0 Å². The molecule has 1 aliphatic heterocycles. The molecule has 0 aromatic rings. The molecule has 0 aliphatic carbocycles. The Morgan fingerprint density at radius 1 is 1.28 bits per heavy atom. The molecule has 0 aromatic carbocycles. The molecule has 0 amide bonds. The Labute approximate surface area is 111 Å². The molecule has 1 aliphatic rings. The minimum Gasteiger partial charge on any atom is -0.383 e. The molecule has 0 radical (unpaired) electrons. The van der Waals surface area contributed by atoms with Crippen molar-refractivity contribution in [2.45, 2.75) is 52.0 Å². The molecular formula is C13H28N2O3. The molecule has 2 atom stereocenters. The van der Waals surface area contributed by atoms with Gasteiger partial charge in [0.1, 0.15) is 0 Å². The predicted molar refractivity (Wildman–Crippen MR) is 71.2 cm³/mol. The fourth-order valence-electron chi connectivity index (χ4n) is 2.36. The zero-order valence-electron chi connectivity index (χ0n) is 12.1. The van der Waals surface area contributed by atoms with Gasteiger partial charge in [0, 0.05) is 32.9 Å². The van der Waals surface area contributed by atoms with Gasteiger partial charge in [0.05, 0.1) is 12.6 Å². The molecule has 1 rings (SSSR count). The Balaban J connectivity index is 2.42. The van der Waals surface area contributed by atoms with Gasteiger partial charge in [-0.1, -0.05) is 0 Å². The van der Waals surface area contributed by atoms with Gasteiger partial charge in [-0.2, -0.15) is 0 Å². The highest BCUT2D eigenvalue weighted by molar-refractivity contribution is 4.78. The first-order valence-corrected chi connectivity index (χ1v) is 6.97. The van der Waals surface area contributed by atoms with Crippen LogP contribution in [0.1, 0.15) is 33.6 Å². The number of nitrogens with zero attached hydrogens (tertiary/aromatic N) is 1. The quantitative estimate of drug-likeness (QED) is 0.635. The highest BCUT2D eigenvalue weighted by Crippen LogP contribution is 2.16. The SMILES string of the molecule is CCOC(OCC)[C@@H](C)NN1CCC[C@H]1COC. The molecule has 0 unspecified atom stereocenters. The minimum absolute atomic E-state index is 0.141. The van der Waals surface area contributed by atoms with Gasteiger partial charge < -0.3 is 14.2 Å². The van der Waals surface area contributed by atoms with Gasteiger partial charge in [0.15, 0.2) is 6.29 Å². The van der Waals surface area contributed by atoms with E-state index in [1.54, 1.807) is 7.11 Å². The number of methoxy groups -OCH3 is 1. The molecule has 1 N–H and O–H groups in total. The van der Waals surface area contributed by atoms with Gasteiger partial charge in [0.2, 0.25) is 0 Å². The lowest BCUT2D eigenvalue weighted by molar-refractivity contribution is -0.160. The third-order valence-corrected chi connectivity index (χ3v) is 3.18. The average Bonchev–Trinajstić information content (AvgIpc) is 2.77. The van der Waals surface area contributed by atoms with Crippen molar-refractivity contribution in [3.05, 3.63) is 0 Å². The van der Waals surface area contributed by atoms with E-state index in [0.29, 0.717) is 19.3 Å². The van der Waals surface area contributed by atoms with Gasteiger partial charge in [0.25, 0.3) is 0 Å². The van der Waals surface area contributed by atoms with Crippen molar-refractivity contribution in [2.24, 2.45) is 0 Å². The molecule has 0 bridgehead atoms. The van der Waals surface area contributed by atoms with Crippen molar-refractivity contribution in [3.8, 4) is 0 Å². The first kappa shape index (κ1) is 15.9. The van der Waals surface area contributed by atoms with Crippen molar-refractivity contribution in [2.75, 3.05) is 33.5 Å². The topological polar surface area (TPSA) is 43.0 Å². The van der Waals surface area contributed by atoms with E-state index in [-0.39, 0.29) is 12.3 Å². The van der Waals surface area contributed by atoms with Crippen molar-refractivity contribution in [1.82, 2.24) is 10.4 Å². The standard InChI is InChI=1S/C13H28N2O3/c1-5-17-13(18-6-2)11(3)14-15-9-7-8-12(15)10-16-4/h11-14H,5-10H2,1-4H3/t11-,12+/m1/s1. The van der Waals surface area contributed by atoms with Crippen molar-refractivity contribution < 1.29 is 14.2 Å². The summed E-state index contributed by atoms with van der Waals surface area (Å²) in [5, 5.41) is 2.26. The maximum Gasteiger partial charge on any atom is 0.173 e. The predicted octanol–water partition coefficient (Wildman–Crippen LogP) is 1.39. The number of nitrogens with one attached hydrogen (secondary N) is 1. The number of rotatable bonds is 9. The second-order valence-electron chi connectivity index (χ2n) is 4.64. The molecule has 18 heavy (non-hydrogen) atoms. The van der Waals surface area contributed by atoms with E-state index in [2.05, 4.69) is 17.4 Å². The normalized spacial score (nSPS) is 22.8. The zero-order chi connectivity index (χ0) is 13.4. The summed E-state index contributed by atoms with van der Waals surface area (Å²) in [5.74, 6) is 0. The molecule has 1 fully saturated rings. The van der Waals surface area contributed by atoms with Crippen molar-refractivity contribution in [3.63, 3.8) is 0 Å². The van der Waals surface area contributed by atoms with Crippen LogP contribution in [0.3, 0.4) is 0 Å². The van der Waals surface area contributed by atoms with E-state index in [0.717, 1.165) is 13.2 Å². The molecule has 1 saturated heterocycles. The molecule has 0 saturated carbocycles. The second kappa shape index (κ2) is 8.82. The fourth-order valence-corrected chi connectivity index (χ4v) is 2.36. The summed E-state index contributed by atoms with van der Waals surface area (Å²) in [4.78, 5) is 0. The third kappa shape index (κ3) is 4.82. The first-order valence-electron chi connectivity index (χ1n) is 6.97. The van der Waals surface area contributed by atoms with E-state index in [4.69, 9.17) is 14.2 Å². The van der Waals surface area contributed by atoms with Crippen LogP contribution in [0.5, 0.6) is 0 Å². The Kier molecular flexibility index (Phi) is 7.77. The van der Waals surface area contributed by atoms with Crippen molar-refractivity contribution >= 4 is 0 Å². The Morgan fingerprint density at radius 3 is 2.50 bits per heavy atom. The van der Waals surface area contributed by atoms with Crippen LogP contribution in [0.4, 0.5) is 0 Å². The van der Waals surface area contributed by atoms with Crippen LogP contribution in [0.15, 0.2) is 0 Å². The largest absolute Gasteiger partial charge is 0.383 e. The van der Waals surface area contributed by atoms with Crippen LogP contribution in [0.25, 0.3) is 0 Å². The van der Waals surface area contributed by atoms with Gasteiger partial charge in [-0.05, 0) is 33.6 Å². The summed E-state index contributed by atoms with van der Waals surface area (Å²) in [6.45, 7) is 9.23. The number of hydrogen-bond acceptors (Lipinski definition) is 5. The van der Waals surface area contributed by atoms with Gasteiger partial charge in [-0.25, -0.2) is 10.4 Å². The lowest BCUT2D eigenvalue weighted by atomic mass is 10.2. The monoisotopic (exact) mass is 260 g/mol. The van der Waals surface area contributed by atoms with Crippen LogP contribution in [0.2, 0.25) is 0 Å². The molecule has 0 aromatic heterocycles. The third-order valence-electron chi connectivity index (χ3n) is 3.18. The number of hydrogen-bond donors (Lipinski definition) is 1. The zero-order valence-corrected chi connectivity index (χ0v) is 12.1. The Hall–Kier alpha value is -0.200. The Morgan fingerprint density at radius 2 is 1.94 bits per heavy atom. The maximum absolute atomic E-state index is 5.61. The molecule has 5 nitrogen and oxygen atoms in total. The van der Waals surface area contributed by atoms with E-state index >= 15 is 0 Å². The van der Waals surface area contributed by atoms with Crippen LogP contribution < -0.4 is 5.43 Å². The summed E-state index contributed by atoms with van der Waals surface area (Å²) in [6.07, 6.45) is 2.20. The van der Waals surface area contributed by atoms with Crippen LogP contribution in [-0.4, -0.2) is 56.9 Å². The Bertz CT molecular complexity index is 210. The molecular weight excluding hydrogens is 232 g/mol. The first-order chi connectivity index (χ1) is 8.72. The minimum atomic E-state index is -0.191. The number of ether oxygens (including phenoxy) is 3. The van der Waals surface area contributed by atoms with Gasteiger partial charge >= 0.3 is 0 Å². The van der Waals surface area contributed by atoms with Crippen LogP contribution >= 0.6 is 0 Å². The maximum atomic E-state index is 5.61. The highest BCUT2D eigenvalue weighted by Gasteiger charge is 2.28. The fraction of sp³-hybridized carbons (Fsp3) is 1.00.